The van der Waals surface area contributed by atoms with Gasteiger partial charge in [-0.1, -0.05) is 24.3 Å². The van der Waals surface area contributed by atoms with Crippen LogP contribution in [0.1, 0.15) is 17.5 Å². The smallest absolute Gasteiger partial charge is 0.0726 e. The lowest BCUT2D eigenvalue weighted by atomic mass is 9.88. The van der Waals surface area contributed by atoms with E-state index < -0.39 is 0 Å². The Bertz CT molecular complexity index is 462. The molecule has 3 heteroatoms. The van der Waals surface area contributed by atoms with E-state index in [1.165, 1.54) is 24.0 Å². The summed E-state index contributed by atoms with van der Waals surface area (Å²) in [6.45, 7) is 0. The number of aromatic nitrogens is 2. The van der Waals surface area contributed by atoms with E-state index in [9.17, 15) is 0 Å². The zero-order valence-electron chi connectivity index (χ0n) is 9.11. The highest BCUT2D eigenvalue weighted by Crippen LogP contribution is 2.23. The van der Waals surface area contributed by atoms with Crippen molar-refractivity contribution >= 4 is 5.69 Å². The van der Waals surface area contributed by atoms with E-state index in [-0.39, 0.29) is 0 Å². The van der Waals surface area contributed by atoms with Gasteiger partial charge in [-0.2, -0.15) is 5.10 Å². The number of H-pyrrole nitrogens is 1. The number of nitrogens with one attached hydrogen (secondary N) is 2. The third kappa shape index (κ3) is 1.81. The molecule has 0 amide bonds. The number of aryl methyl sites for hydroxylation is 1. The Morgan fingerprint density at radius 3 is 2.94 bits per heavy atom. The van der Waals surface area contributed by atoms with Crippen LogP contribution in [0.4, 0.5) is 5.69 Å². The maximum absolute atomic E-state index is 3.94. The topological polar surface area (TPSA) is 40.7 Å². The molecule has 1 heterocycles. The molecule has 1 unspecified atom stereocenters. The van der Waals surface area contributed by atoms with Crippen LogP contribution in [0, 0.1) is 0 Å². The number of aromatic amines is 1. The van der Waals surface area contributed by atoms with E-state index in [4.69, 9.17) is 0 Å². The van der Waals surface area contributed by atoms with Crippen LogP contribution in [0.2, 0.25) is 0 Å². The van der Waals surface area contributed by atoms with Gasteiger partial charge in [0.25, 0.3) is 0 Å². The molecule has 16 heavy (non-hydrogen) atoms. The number of hydrogen-bond donors (Lipinski definition) is 2. The fourth-order valence-corrected chi connectivity index (χ4v) is 2.39. The first kappa shape index (κ1) is 9.46. The lowest BCUT2D eigenvalue weighted by molar-refractivity contribution is 0.611. The van der Waals surface area contributed by atoms with E-state index in [1.54, 1.807) is 0 Å². The standard InChI is InChI=1S/C13H15N3/c1-2-4-11-7-12(6-5-10(11)3-1)16-13-8-14-15-9-13/h1-4,8-9,12,16H,5-7H2,(H,14,15). The van der Waals surface area contributed by atoms with Gasteiger partial charge in [0.15, 0.2) is 0 Å². The van der Waals surface area contributed by atoms with Crippen molar-refractivity contribution in [2.75, 3.05) is 5.32 Å². The Morgan fingerprint density at radius 1 is 1.25 bits per heavy atom. The Kier molecular flexibility index (Phi) is 2.37. The van der Waals surface area contributed by atoms with Gasteiger partial charge in [-0.05, 0) is 30.4 Å². The number of rotatable bonds is 2. The summed E-state index contributed by atoms with van der Waals surface area (Å²) in [5.74, 6) is 0. The third-order valence-electron chi connectivity index (χ3n) is 3.22. The zero-order valence-corrected chi connectivity index (χ0v) is 9.11. The molecule has 0 saturated heterocycles. The monoisotopic (exact) mass is 213 g/mol. The van der Waals surface area contributed by atoms with Crippen LogP contribution in [0.15, 0.2) is 36.7 Å². The van der Waals surface area contributed by atoms with E-state index in [0.29, 0.717) is 6.04 Å². The molecule has 1 aliphatic rings. The van der Waals surface area contributed by atoms with E-state index in [2.05, 4.69) is 39.8 Å². The van der Waals surface area contributed by atoms with Crippen LogP contribution in [0.3, 0.4) is 0 Å². The highest BCUT2D eigenvalue weighted by molar-refractivity contribution is 5.41. The maximum Gasteiger partial charge on any atom is 0.0726 e. The van der Waals surface area contributed by atoms with Crippen molar-refractivity contribution in [3.63, 3.8) is 0 Å². The van der Waals surface area contributed by atoms with Gasteiger partial charge >= 0.3 is 0 Å². The molecule has 0 saturated carbocycles. The van der Waals surface area contributed by atoms with E-state index in [1.807, 2.05) is 12.4 Å². The molecule has 0 aliphatic heterocycles. The lowest BCUT2D eigenvalue weighted by Crippen LogP contribution is -2.27. The molecule has 0 radical (unpaired) electrons. The molecule has 3 rings (SSSR count). The van der Waals surface area contributed by atoms with Gasteiger partial charge in [-0.15, -0.1) is 0 Å². The van der Waals surface area contributed by atoms with Crippen molar-refractivity contribution in [2.24, 2.45) is 0 Å². The first-order valence-corrected chi connectivity index (χ1v) is 5.74. The first-order valence-electron chi connectivity index (χ1n) is 5.74. The van der Waals surface area contributed by atoms with Gasteiger partial charge in [0.2, 0.25) is 0 Å². The summed E-state index contributed by atoms with van der Waals surface area (Å²) < 4.78 is 0. The largest absolute Gasteiger partial charge is 0.379 e. The average Bonchev–Trinajstić information content (AvgIpc) is 2.82. The van der Waals surface area contributed by atoms with Gasteiger partial charge < -0.3 is 5.32 Å². The van der Waals surface area contributed by atoms with Crippen LogP contribution in [-0.4, -0.2) is 16.2 Å². The van der Waals surface area contributed by atoms with Crippen molar-refractivity contribution in [3.05, 3.63) is 47.8 Å². The lowest BCUT2D eigenvalue weighted by Gasteiger charge is -2.25. The number of fused-ring (bicyclic) bond motifs is 1. The summed E-state index contributed by atoms with van der Waals surface area (Å²) in [6, 6.07) is 9.26. The highest BCUT2D eigenvalue weighted by Gasteiger charge is 2.17. The van der Waals surface area contributed by atoms with Gasteiger partial charge in [0, 0.05) is 12.2 Å². The fourth-order valence-electron chi connectivity index (χ4n) is 2.39. The molecule has 82 valence electrons. The van der Waals surface area contributed by atoms with E-state index >= 15 is 0 Å². The minimum atomic E-state index is 0.535. The van der Waals surface area contributed by atoms with Crippen LogP contribution < -0.4 is 5.32 Å². The Balaban J connectivity index is 1.73. The average molecular weight is 213 g/mol. The molecule has 2 N–H and O–H groups in total. The van der Waals surface area contributed by atoms with Crippen molar-refractivity contribution < 1.29 is 0 Å². The molecule has 1 aromatic carbocycles. The van der Waals surface area contributed by atoms with Crippen molar-refractivity contribution in [3.8, 4) is 0 Å². The van der Waals surface area contributed by atoms with Crippen molar-refractivity contribution in [1.29, 1.82) is 0 Å². The molecular weight excluding hydrogens is 198 g/mol. The molecule has 0 fully saturated rings. The van der Waals surface area contributed by atoms with Crippen LogP contribution in [0.5, 0.6) is 0 Å². The normalized spacial score (nSPS) is 19.1. The van der Waals surface area contributed by atoms with Crippen LogP contribution in [-0.2, 0) is 12.8 Å². The summed E-state index contributed by atoms with van der Waals surface area (Å²) in [4.78, 5) is 0. The van der Waals surface area contributed by atoms with Crippen LogP contribution >= 0.6 is 0 Å². The second kappa shape index (κ2) is 4.00. The Hall–Kier alpha value is -1.77. The molecule has 1 aromatic heterocycles. The number of benzene rings is 1. The third-order valence-corrected chi connectivity index (χ3v) is 3.22. The Morgan fingerprint density at radius 2 is 2.12 bits per heavy atom. The molecule has 1 atom stereocenters. The summed E-state index contributed by atoms with van der Waals surface area (Å²) in [5.41, 5.74) is 4.08. The van der Waals surface area contributed by atoms with Crippen LogP contribution in [0.25, 0.3) is 0 Å². The summed E-state index contributed by atoms with van der Waals surface area (Å²) in [5, 5.41) is 10.3. The highest BCUT2D eigenvalue weighted by atomic mass is 15.1. The molecule has 3 nitrogen and oxygen atoms in total. The number of hydrogen-bond acceptors (Lipinski definition) is 2. The minimum Gasteiger partial charge on any atom is -0.379 e. The minimum absolute atomic E-state index is 0.535. The van der Waals surface area contributed by atoms with Gasteiger partial charge in [-0.25, -0.2) is 0 Å². The molecule has 1 aliphatic carbocycles. The second-order valence-electron chi connectivity index (χ2n) is 4.34. The molecule has 0 spiro atoms. The predicted molar refractivity (Wildman–Crippen MR) is 64.5 cm³/mol. The van der Waals surface area contributed by atoms with Crippen molar-refractivity contribution in [1.82, 2.24) is 10.2 Å². The number of anilines is 1. The summed E-state index contributed by atoms with van der Waals surface area (Å²) in [6.07, 6.45) is 7.22. The summed E-state index contributed by atoms with van der Waals surface area (Å²) in [7, 11) is 0. The van der Waals surface area contributed by atoms with Crippen molar-refractivity contribution in [2.45, 2.75) is 25.3 Å². The molecular formula is C13H15N3. The van der Waals surface area contributed by atoms with Gasteiger partial charge in [0.05, 0.1) is 11.9 Å². The van der Waals surface area contributed by atoms with Gasteiger partial charge in [0.1, 0.15) is 0 Å². The summed E-state index contributed by atoms with van der Waals surface area (Å²) >= 11 is 0. The maximum atomic E-state index is 3.94. The second-order valence-corrected chi connectivity index (χ2v) is 4.34. The number of nitrogens with zero attached hydrogens (tertiary/aromatic N) is 1. The molecule has 2 aromatic rings. The molecule has 0 bridgehead atoms. The quantitative estimate of drug-likeness (QED) is 0.804. The zero-order chi connectivity index (χ0) is 10.8. The SMILES string of the molecule is c1ccc2c(c1)CCC(Nc1cn[nH]c1)C2. The van der Waals surface area contributed by atoms with Gasteiger partial charge in [-0.3, -0.25) is 5.10 Å². The predicted octanol–water partition coefficient (Wildman–Crippen LogP) is 2.38. The van der Waals surface area contributed by atoms with E-state index in [0.717, 1.165) is 12.1 Å². The Labute approximate surface area is 94.9 Å². The fraction of sp³-hybridized carbons (Fsp3) is 0.308. The first-order chi connectivity index (χ1) is 7.92.